The number of carbonyl (C=O) groups excluding carboxylic acids is 1. The minimum Gasteiger partial charge on any atom is -0.495 e. The molecule has 2 rings (SSSR count). The molecule has 0 saturated heterocycles. The molecule has 1 N–H and O–H groups in total. The third kappa shape index (κ3) is 4.19. The van der Waals surface area contributed by atoms with Crippen LogP contribution in [0.4, 0.5) is 5.69 Å². The number of hydrogen-bond acceptors (Lipinski definition) is 4. The second-order valence-corrected chi connectivity index (χ2v) is 5.48. The number of benzene rings is 2. The standard InChI is InChI=1S/C19H23NO4/c1-13(11-14-9-10-17(23-3)18(12-14)24-4)19(21)20-15-7-5-6-8-16(15)22-2/h5-10,12-13H,11H2,1-4H3,(H,20,21). The molecule has 1 atom stereocenters. The van der Waals surface area contributed by atoms with Crippen molar-refractivity contribution >= 4 is 11.6 Å². The summed E-state index contributed by atoms with van der Waals surface area (Å²) in [5.74, 6) is 1.71. The van der Waals surface area contributed by atoms with E-state index in [2.05, 4.69) is 5.32 Å². The number of para-hydroxylation sites is 2. The number of ether oxygens (including phenoxy) is 3. The fourth-order valence-corrected chi connectivity index (χ4v) is 2.46. The summed E-state index contributed by atoms with van der Waals surface area (Å²) in [5.41, 5.74) is 1.68. The van der Waals surface area contributed by atoms with Crippen molar-refractivity contribution in [2.24, 2.45) is 5.92 Å². The Bertz CT molecular complexity index is 700. The van der Waals surface area contributed by atoms with Crippen LogP contribution in [0.15, 0.2) is 42.5 Å². The van der Waals surface area contributed by atoms with Gasteiger partial charge in [0.15, 0.2) is 11.5 Å². The van der Waals surface area contributed by atoms with Crippen LogP contribution in [0.25, 0.3) is 0 Å². The molecule has 2 aromatic carbocycles. The second kappa shape index (κ2) is 8.24. The van der Waals surface area contributed by atoms with Gasteiger partial charge in [-0.05, 0) is 36.2 Å². The lowest BCUT2D eigenvalue weighted by Crippen LogP contribution is -2.22. The third-order valence-corrected chi connectivity index (χ3v) is 3.80. The van der Waals surface area contributed by atoms with Gasteiger partial charge < -0.3 is 19.5 Å². The molecular formula is C19H23NO4. The van der Waals surface area contributed by atoms with Gasteiger partial charge in [-0.2, -0.15) is 0 Å². The van der Waals surface area contributed by atoms with Crippen LogP contribution in [-0.2, 0) is 11.2 Å². The van der Waals surface area contributed by atoms with Crippen molar-refractivity contribution in [2.75, 3.05) is 26.6 Å². The number of hydrogen-bond donors (Lipinski definition) is 1. The highest BCUT2D eigenvalue weighted by molar-refractivity contribution is 5.93. The first-order chi connectivity index (χ1) is 11.6. The van der Waals surface area contributed by atoms with E-state index in [-0.39, 0.29) is 11.8 Å². The van der Waals surface area contributed by atoms with Gasteiger partial charge in [0.05, 0.1) is 27.0 Å². The van der Waals surface area contributed by atoms with Crippen LogP contribution in [0.5, 0.6) is 17.2 Å². The van der Waals surface area contributed by atoms with E-state index in [4.69, 9.17) is 14.2 Å². The molecule has 0 aliphatic rings. The van der Waals surface area contributed by atoms with E-state index in [1.165, 1.54) is 0 Å². The normalized spacial score (nSPS) is 11.5. The molecule has 1 unspecified atom stereocenters. The Hall–Kier alpha value is -2.69. The molecule has 24 heavy (non-hydrogen) atoms. The topological polar surface area (TPSA) is 56.8 Å². The van der Waals surface area contributed by atoms with Crippen molar-refractivity contribution in [1.29, 1.82) is 0 Å². The summed E-state index contributed by atoms with van der Waals surface area (Å²) in [6, 6.07) is 13.0. The van der Waals surface area contributed by atoms with Crippen molar-refractivity contribution in [3.05, 3.63) is 48.0 Å². The maximum Gasteiger partial charge on any atom is 0.227 e. The fraction of sp³-hybridized carbons (Fsp3) is 0.316. The molecule has 0 heterocycles. The highest BCUT2D eigenvalue weighted by Crippen LogP contribution is 2.29. The molecule has 0 aliphatic heterocycles. The van der Waals surface area contributed by atoms with Crippen LogP contribution < -0.4 is 19.5 Å². The lowest BCUT2D eigenvalue weighted by atomic mass is 10.00. The molecule has 0 radical (unpaired) electrons. The molecule has 2 aromatic rings. The predicted octanol–water partition coefficient (Wildman–Crippen LogP) is 3.53. The summed E-state index contributed by atoms with van der Waals surface area (Å²) in [4.78, 5) is 12.4. The molecular weight excluding hydrogens is 306 g/mol. The minimum atomic E-state index is -0.201. The largest absolute Gasteiger partial charge is 0.495 e. The predicted molar refractivity (Wildman–Crippen MR) is 94.0 cm³/mol. The lowest BCUT2D eigenvalue weighted by Gasteiger charge is -2.15. The monoisotopic (exact) mass is 329 g/mol. The van der Waals surface area contributed by atoms with Gasteiger partial charge in [0.1, 0.15) is 5.75 Å². The average Bonchev–Trinajstić information content (AvgIpc) is 2.61. The Balaban J connectivity index is 2.06. The highest BCUT2D eigenvalue weighted by atomic mass is 16.5. The van der Waals surface area contributed by atoms with Crippen LogP contribution in [0.1, 0.15) is 12.5 Å². The Morgan fingerprint density at radius 1 is 0.958 bits per heavy atom. The van der Waals surface area contributed by atoms with Crippen LogP contribution >= 0.6 is 0 Å². The number of amides is 1. The first-order valence-corrected chi connectivity index (χ1v) is 7.73. The number of methoxy groups -OCH3 is 3. The lowest BCUT2D eigenvalue weighted by molar-refractivity contribution is -0.119. The van der Waals surface area contributed by atoms with Gasteiger partial charge in [-0.3, -0.25) is 4.79 Å². The maximum atomic E-state index is 12.4. The minimum absolute atomic E-state index is 0.0608. The van der Waals surface area contributed by atoms with Gasteiger partial charge in [0.2, 0.25) is 5.91 Å². The molecule has 1 amide bonds. The summed E-state index contributed by atoms with van der Waals surface area (Å²) in [7, 11) is 4.78. The van der Waals surface area contributed by atoms with E-state index >= 15 is 0 Å². The average molecular weight is 329 g/mol. The van der Waals surface area contributed by atoms with Crippen LogP contribution in [0.2, 0.25) is 0 Å². The molecule has 0 aliphatic carbocycles. The summed E-state index contributed by atoms with van der Waals surface area (Å²) in [6.07, 6.45) is 0.599. The van der Waals surface area contributed by atoms with E-state index in [1.807, 2.05) is 49.4 Å². The van der Waals surface area contributed by atoms with Crippen LogP contribution in [0, 0.1) is 5.92 Å². The number of carbonyl (C=O) groups is 1. The zero-order chi connectivity index (χ0) is 17.5. The summed E-state index contributed by atoms with van der Waals surface area (Å²) >= 11 is 0. The molecule has 5 heteroatoms. The highest BCUT2D eigenvalue weighted by Gasteiger charge is 2.16. The Morgan fingerprint density at radius 3 is 2.29 bits per heavy atom. The zero-order valence-electron chi connectivity index (χ0n) is 14.5. The molecule has 0 fully saturated rings. The Morgan fingerprint density at radius 2 is 1.62 bits per heavy atom. The van der Waals surface area contributed by atoms with Gasteiger partial charge in [0.25, 0.3) is 0 Å². The van der Waals surface area contributed by atoms with E-state index in [0.29, 0.717) is 29.4 Å². The van der Waals surface area contributed by atoms with E-state index in [9.17, 15) is 4.79 Å². The SMILES string of the molecule is COc1ccccc1NC(=O)C(C)Cc1ccc(OC)c(OC)c1. The molecule has 5 nitrogen and oxygen atoms in total. The first-order valence-electron chi connectivity index (χ1n) is 7.73. The fourth-order valence-electron chi connectivity index (χ4n) is 2.46. The molecule has 128 valence electrons. The van der Waals surface area contributed by atoms with E-state index in [0.717, 1.165) is 5.56 Å². The van der Waals surface area contributed by atoms with E-state index < -0.39 is 0 Å². The molecule has 0 spiro atoms. The van der Waals surface area contributed by atoms with Crippen molar-refractivity contribution in [3.8, 4) is 17.2 Å². The molecule has 0 aromatic heterocycles. The number of anilines is 1. The van der Waals surface area contributed by atoms with Gasteiger partial charge in [-0.15, -0.1) is 0 Å². The second-order valence-electron chi connectivity index (χ2n) is 5.48. The first kappa shape index (κ1) is 17.7. The zero-order valence-corrected chi connectivity index (χ0v) is 14.5. The smallest absolute Gasteiger partial charge is 0.227 e. The van der Waals surface area contributed by atoms with Gasteiger partial charge >= 0.3 is 0 Å². The summed E-state index contributed by atoms with van der Waals surface area (Å²) in [5, 5.41) is 2.91. The van der Waals surface area contributed by atoms with Crippen LogP contribution in [0.3, 0.4) is 0 Å². The van der Waals surface area contributed by atoms with Crippen molar-refractivity contribution in [1.82, 2.24) is 0 Å². The Labute approximate surface area is 142 Å². The molecule has 0 saturated carbocycles. The van der Waals surface area contributed by atoms with Crippen LogP contribution in [-0.4, -0.2) is 27.2 Å². The summed E-state index contributed by atoms with van der Waals surface area (Å²) in [6.45, 7) is 1.89. The third-order valence-electron chi connectivity index (χ3n) is 3.80. The van der Waals surface area contributed by atoms with Crippen molar-refractivity contribution in [3.63, 3.8) is 0 Å². The Kier molecular flexibility index (Phi) is 6.07. The number of nitrogens with one attached hydrogen (secondary N) is 1. The van der Waals surface area contributed by atoms with E-state index in [1.54, 1.807) is 21.3 Å². The van der Waals surface area contributed by atoms with Gasteiger partial charge in [0, 0.05) is 5.92 Å². The van der Waals surface area contributed by atoms with Gasteiger partial charge in [-0.25, -0.2) is 0 Å². The molecule has 0 bridgehead atoms. The van der Waals surface area contributed by atoms with Crippen molar-refractivity contribution in [2.45, 2.75) is 13.3 Å². The quantitative estimate of drug-likeness (QED) is 0.844. The summed E-state index contributed by atoms with van der Waals surface area (Å²) < 4.78 is 15.8. The maximum absolute atomic E-state index is 12.4. The van der Waals surface area contributed by atoms with Crippen molar-refractivity contribution < 1.29 is 19.0 Å². The number of rotatable bonds is 7. The van der Waals surface area contributed by atoms with Gasteiger partial charge in [-0.1, -0.05) is 25.1 Å².